The van der Waals surface area contributed by atoms with Gasteiger partial charge in [0.1, 0.15) is 0 Å². The lowest BCUT2D eigenvalue weighted by molar-refractivity contribution is -0.179. The molecule has 0 amide bonds. The second-order valence-corrected chi connectivity index (χ2v) is 20.3. The Labute approximate surface area is 322 Å². The fourth-order valence-electron chi connectivity index (χ4n) is 14.6. The van der Waals surface area contributed by atoms with Crippen molar-refractivity contribution in [3.63, 3.8) is 0 Å². The van der Waals surface area contributed by atoms with Crippen LogP contribution in [0.1, 0.15) is 102 Å². The summed E-state index contributed by atoms with van der Waals surface area (Å²) < 4.78 is 0. The molecule has 2 aromatic rings. The fraction of sp³-hybridized carbons (Fsp3) is 0.646. The van der Waals surface area contributed by atoms with E-state index >= 15 is 4.79 Å². The highest BCUT2D eigenvalue weighted by atomic mass is 16.3. The van der Waals surface area contributed by atoms with Gasteiger partial charge in [-0.15, -0.1) is 0 Å². The number of allylic oxidation sites excluding steroid dienone is 4. The zero-order valence-electron chi connectivity index (χ0n) is 33.0. The molecule has 0 aromatic heterocycles. The third-order valence-electron chi connectivity index (χ3n) is 17.9. The minimum absolute atomic E-state index is 0.0661. The number of hydrogen-bond donors (Lipinski definition) is 4. The van der Waals surface area contributed by atoms with Crippen LogP contribution in [0.5, 0.6) is 0 Å². The Bertz CT molecular complexity index is 1830. The maximum absolute atomic E-state index is 15.2. The molecule has 2 aromatic carbocycles. The Balaban J connectivity index is 1.08. The largest absolute Gasteiger partial charge is 0.394 e. The van der Waals surface area contributed by atoms with E-state index in [4.69, 9.17) is 0 Å². The van der Waals surface area contributed by atoms with Crippen LogP contribution in [0.4, 0.5) is 0 Å². The van der Waals surface area contributed by atoms with Gasteiger partial charge >= 0.3 is 0 Å². The van der Waals surface area contributed by atoms with E-state index in [1.165, 1.54) is 19.3 Å². The van der Waals surface area contributed by atoms with Crippen molar-refractivity contribution in [2.75, 3.05) is 26.2 Å². The van der Waals surface area contributed by atoms with Gasteiger partial charge in [-0.05, 0) is 116 Å². The fourth-order valence-corrected chi connectivity index (χ4v) is 14.6. The van der Waals surface area contributed by atoms with Crippen LogP contribution in [0.15, 0.2) is 78.4 Å². The van der Waals surface area contributed by atoms with Crippen molar-refractivity contribution in [1.82, 2.24) is 4.90 Å². The number of ketones is 1. The van der Waals surface area contributed by atoms with Gasteiger partial charge in [-0.1, -0.05) is 101 Å². The topological polar surface area (TPSA) is 101 Å². The van der Waals surface area contributed by atoms with E-state index in [0.29, 0.717) is 48.7 Å². The van der Waals surface area contributed by atoms with Gasteiger partial charge in [0.15, 0.2) is 5.78 Å². The van der Waals surface area contributed by atoms with Crippen molar-refractivity contribution in [1.29, 1.82) is 0 Å². The second kappa shape index (κ2) is 12.7. The number of carbonyl (C=O) groups excluding carboxylic acids is 1. The first-order valence-electron chi connectivity index (χ1n) is 21.3. The summed E-state index contributed by atoms with van der Waals surface area (Å²) in [6, 6.07) is 18.4. The molecule has 6 fully saturated rings. The number of nitrogens with zero attached hydrogens (tertiary/aromatic N) is 1. The quantitative estimate of drug-likeness (QED) is 0.147. The molecule has 0 heterocycles. The van der Waals surface area contributed by atoms with Crippen molar-refractivity contribution < 1.29 is 25.2 Å². The van der Waals surface area contributed by atoms with E-state index in [9.17, 15) is 20.4 Å². The molecule has 2 spiro atoms. The lowest BCUT2D eigenvalue weighted by atomic mass is 9.32. The van der Waals surface area contributed by atoms with Crippen molar-refractivity contribution >= 4 is 5.78 Å². The number of carbonyl (C=O) groups is 1. The van der Waals surface area contributed by atoms with Crippen LogP contribution < -0.4 is 0 Å². The van der Waals surface area contributed by atoms with Gasteiger partial charge in [0.05, 0.1) is 24.4 Å². The third kappa shape index (κ3) is 5.11. The molecular weight excluding hydrogens is 671 g/mol. The molecule has 1 unspecified atom stereocenters. The Morgan fingerprint density at radius 3 is 2.24 bits per heavy atom. The normalized spacial score (nSPS) is 43.1. The third-order valence-corrected chi connectivity index (χ3v) is 17.9. The number of Topliss-reactive ketones (excluding diaryl/α,β-unsaturated/α-hetero) is 1. The van der Waals surface area contributed by atoms with Gasteiger partial charge < -0.3 is 20.4 Å². The molecule has 4 N–H and O–H groups in total. The zero-order valence-corrected chi connectivity index (χ0v) is 33.0. The minimum atomic E-state index is -1.01. The Hall–Kier alpha value is -2.61. The molecule has 9 aliphatic rings. The first kappa shape index (κ1) is 37.0. The summed E-state index contributed by atoms with van der Waals surface area (Å²) in [6.45, 7) is 11.0. The van der Waals surface area contributed by atoms with Gasteiger partial charge in [-0.3, -0.25) is 9.69 Å². The van der Waals surface area contributed by atoms with Gasteiger partial charge in [-0.25, -0.2) is 0 Å². The van der Waals surface area contributed by atoms with E-state index in [1.54, 1.807) is 0 Å². The molecule has 6 saturated carbocycles. The van der Waals surface area contributed by atoms with Crippen LogP contribution in [0, 0.1) is 56.7 Å². The van der Waals surface area contributed by atoms with E-state index in [0.717, 1.165) is 61.3 Å². The number of rotatable bonds is 10. The van der Waals surface area contributed by atoms with E-state index in [1.807, 2.05) is 30.3 Å². The standard InChI is InChI=1S/C48H63NO5/c1-43(2)35-15-14-34(38(43)24-35)27-49(28-37(52)29-50)30-47(54)21-18-41-45(47,4)20-17-40-44(3)19-16-36(51)25-46(44)22-23-48(40,41)39(26-46)42(53)33-12-10-32(11-13-33)31-8-6-5-7-9-31/h5-13,22-23,26,34-38,40-41,50-52,54H,14-21,24-25,27-30H2,1-4H3/t34-,35-,36?,37-,38-,40+,41+,44+,45-,46-,47+,48+/m0/s1. The van der Waals surface area contributed by atoms with Crippen molar-refractivity contribution in [3.05, 3.63) is 84.0 Å². The predicted octanol–water partition coefficient (Wildman–Crippen LogP) is 7.85. The molecule has 6 heteroatoms. The minimum Gasteiger partial charge on any atom is -0.394 e. The van der Waals surface area contributed by atoms with Crippen LogP contribution >= 0.6 is 0 Å². The van der Waals surface area contributed by atoms with Crippen molar-refractivity contribution in [2.24, 2.45) is 56.7 Å². The number of aliphatic hydroxyl groups is 4. The van der Waals surface area contributed by atoms with Crippen molar-refractivity contribution in [2.45, 2.75) is 110 Å². The molecule has 6 nitrogen and oxygen atoms in total. The number of hydrogen-bond acceptors (Lipinski definition) is 6. The second-order valence-electron chi connectivity index (χ2n) is 20.3. The molecule has 0 radical (unpaired) electrons. The maximum Gasteiger partial charge on any atom is 0.189 e. The van der Waals surface area contributed by atoms with Gasteiger partial charge in [0, 0.05) is 47.0 Å². The van der Waals surface area contributed by atoms with Crippen LogP contribution in [0.3, 0.4) is 0 Å². The summed E-state index contributed by atoms with van der Waals surface area (Å²) in [5.41, 5.74) is 1.68. The van der Waals surface area contributed by atoms with Gasteiger partial charge in [0.25, 0.3) is 0 Å². The SMILES string of the molecule is CC1(C)[C@H]2CC[C@@H](CN(C[C@H](O)CO)C[C@]3(O)CC[C@H]4[C@]56C=C[C@@]7(C=C5C(=O)c5ccc(-c8ccccc8)cc5)CC(O)CC[C@]7(C)[C@H]6CC[C@@]43C)[C@@H]1C2. The van der Waals surface area contributed by atoms with E-state index in [-0.39, 0.29) is 35.1 Å². The Kier molecular flexibility index (Phi) is 8.70. The lowest BCUT2D eigenvalue weighted by Gasteiger charge is -2.71. The Morgan fingerprint density at radius 1 is 0.852 bits per heavy atom. The molecule has 290 valence electrons. The summed E-state index contributed by atoms with van der Waals surface area (Å²) in [4.78, 5) is 17.5. The average molecular weight is 734 g/mol. The highest BCUT2D eigenvalue weighted by Crippen LogP contribution is 2.78. The van der Waals surface area contributed by atoms with Gasteiger partial charge in [-0.2, -0.15) is 0 Å². The average Bonchev–Trinajstić information content (AvgIpc) is 3.44. The summed E-state index contributed by atoms with van der Waals surface area (Å²) in [7, 11) is 0. The number of benzene rings is 2. The summed E-state index contributed by atoms with van der Waals surface area (Å²) in [5.74, 6) is 2.37. The molecular formula is C48H63NO5. The summed E-state index contributed by atoms with van der Waals surface area (Å²) >= 11 is 0. The van der Waals surface area contributed by atoms with Crippen LogP contribution in [-0.2, 0) is 0 Å². The van der Waals surface area contributed by atoms with Crippen LogP contribution in [0.2, 0.25) is 0 Å². The number of aliphatic hydroxyl groups excluding tert-OH is 3. The predicted molar refractivity (Wildman–Crippen MR) is 212 cm³/mol. The molecule has 4 bridgehead atoms. The molecule has 0 saturated heterocycles. The van der Waals surface area contributed by atoms with Gasteiger partial charge in [0.2, 0.25) is 0 Å². The zero-order chi connectivity index (χ0) is 37.9. The molecule has 9 aliphatic carbocycles. The maximum atomic E-state index is 15.2. The molecule has 54 heavy (non-hydrogen) atoms. The smallest absolute Gasteiger partial charge is 0.189 e. The Morgan fingerprint density at radius 2 is 1.54 bits per heavy atom. The highest BCUT2D eigenvalue weighted by Gasteiger charge is 2.74. The number of fused-ring (bicyclic) bond motifs is 3. The first-order chi connectivity index (χ1) is 25.7. The van der Waals surface area contributed by atoms with Crippen LogP contribution in [-0.4, -0.2) is 75.2 Å². The van der Waals surface area contributed by atoms with Crippen molar-refractivity contribution in [3.8, 4) is 11.1 Å². The van der Waals surface area contributed by atoms with E-state index < -0.39 is 28.6 Å². The van der Waals surface area contributed by atoms with E-state index in [2.05, 4.69) is 75.1 Å². The summed E-state index contributed by atoms with van der Waals surface area (Å²) in [5, 5.41) is 45.1. The van der Waals surface area contributed by atoms with Crippen LogP contribution in [0.25, 0.3) is 11.1 Å². The molecule has 12 atom stereocenters. The lowest BCUT2D eigenvalue weighted by Crippen LogP contribution is -2.67. The summed E-state index contributed by atoms with van der Waals surface area (Å²) in [6.07, 6.45) is 15.2. The molecule has 0 aliphatic heterocycles. The molecule has 11 rings (SSSR count). The first-order valence-corrected chi connectivity index (χ1v) is 21.3. The highest BCUT2D eigenvalue weighted by molar-refractivity contribution is 6.10. The monoisotopic (exact) mass is 733 g/mol.